The highest BCUT2D eigenvalue weighted by molar-refractivity contribution is 6.30. The van der Waals surface area contributed by atoms with E-state index in [2.05, 4.69) is 0 Å². The van der Waals surface area contributed by atoms with Gasteiger partial charge < -0.3 is 14.6 Å². The fourth-order valence-corrected chi connectivity index (χ4v) is 2.10. The summed E-state index contributed by atoms with van der Waals surface area (Å²) in [7, 11) is 1.59. The first-order valence-electron chi connectivity index (χ1n) is 6.34. The van der Waals surface area contributed by atoms with E-state index in [1.54, 1.807) is 31.4 Å². The molecule has 106 valence electrons. The van der Waals surface area contributed by atoms with Crippen LogP contribution in [0.2, 0.25) is 5.02 Å². The Labute approximate surface area is 123 Å². The van der Waals surface area contributed by atoms with Gasteiger partial charge in [-0.2, -0.15) is 0 Å². The number of ether oxygens (including phenoxy) is 2. The van der Waals surface area contributed by atoms with Gasteiger partial charge >= 0.3 is 0 Å². The molecule has 0 radical (unpaired) electrons. The third-order valence-electron chi connectivity index (χ3n) is 3.00. The van der Waals surface area contributed by atoms with Crippen molar-refractivity contribution in [2.45, 2.75) is 19.1 Å². The van der Waals surface area contributed by atoms with Gasteiger partial charge in [0, 0.05) is 5.02 Å². The fourth-order valence-electron chi connectivity index (χ4n) is 1.92. The Morgan fingerprint density at radius 1 is 1.05 bits per heavy atom. The molecule has 2 aromatic rings. The molecular formula is C16H17ClO3. The molecular weight excluding hydrogens is 276 g/mol. The van der Waals surface area contributed by atoms with Crippen molar-refractivity contribution in [2.75, 3.05) is 7.11 Å². The zero-order chi connectivity index (χ0) is 14.5. The summed E-state index contributed by atoms with van der Waals surface area (Å²) in [6.07, 6.45) is -1.15. The molecule has 0 heterocycles. The van der Waals surface area contributed by atoms with Crippen LogP contribution in [0.5, 0.6) is 11.5 Å². The van der Waals surface area contributed by atoms with E-state index in [-0.39, 0.29) is 0 Å². The first-order chi connectivity index (χ1) is 9.60. The quantitative estimate of drug-likeness (QED) is 0.910. The lowest BCUT2D eigenvalue weighted by Gasteiger charge is -2.21. The summed E-state index contributed by atoms with van der Waals surface area (Å²) < 4.78 is 10.9. The highest BCUT2D eigenvalue weighted by atomic mass is 35.5. The van der Waals surface area contributed by atoms with Crippen molar-refractivity contribution in [3.8, 4) is 11.5 Å². The Morgan fingerprint density at radius 2 is 1.75 bits per heavy atom. The molecule has 2 atom stereocenters. The number of hydrogen-bond acceptors (Lipinski definition) is 3. The maximum Gasteiger partial charge on any atom is 0.126 e. The highest BCUT2D eigenvalue weighted by Gasteiger charge is 2.18. The second kappa shape index (κ2) is 6.64. The number of aliphatic hydroxyl groups is 1. The van der Waals surface area contributed by atoms with Gasteiger partial charge in [-0.1, -0.05) is 29.8 Å². The van der Waals surface area contributed by atoms with Gasteiger partial charge in [-0.05, 0) is 42.8 Å². The Hall–Kier alpha value is -1.71. The third-order valence-corrected chi connectivity index (χ3v) is 3.23. The fraction of sp³-hybridized carbons (Fsp3) is 0.250. The summed E-state index contributed by atoms with van der Waals surface area (Å²) >= 11 is 5.91. The predicted molar refractivity (Wildman–Crippen MR) is 79.5 cm³/mol. The first-order valence-corrected chi connectivity index (χ1v) is 6.72. The van der Waals surface area contributed by atoms with Gasteiger partial charge in [-0.15, -0.1) is 0 Å². The van der Waals surface area contributed by atoms with Crippen molar-refractivity contribution < 1.29 is 14.6 Å². The molecule has 0 bridgehead atoms. The highest BCUT2D eigenvalue weighted by Crippen LogP contribution is 2.25. The minimum Gasteiger partial charge on any atom is -0.497 e. The van der Waals surface area contributed by atoms with Crippen LogP contribution < -0.4 is 9.47 Å². The standard InChI is InChI=1S/C16H17ClO3/c1-11(20-15-8-4-6-13(17)10-15)16(18)12-5-3-7-14(9-12)19-2/h3-11,16,18H,1-2H3. The van der Waals surface area contributed by atoms with Gasteiger partial charge in [0.2, 0.25) is 0 Å². The SMILES string of the molecule is COc1cccc(C(O)C(C)Oc2cccc(Cl)c2)c1. The van der Waals surface area contributed by atoms with Crippen molar-refractivity contribution in [3.63, 3.8) is 0 Å². The van der Waals surface area contributed by atoms with Gasteiger partial charge in [0.25, 0.3) is 0 Å². The molecule has 0 aliphatic carbocycles. The van der Waals surface area contributed by atoms with E-state index in [0.717, 1.165) is 5.56 Å². The molecule has 0 amide bonds. The van der Waals surface area contributed by atoms with Crippen LogP contribution in [0.25, 0.3) is 0 Å². The van der Waals surface area contributed by atoms with Gasteiger partial charge in [-0.3, -0.25) is 0 Å². The molecule has 3 nitrogen and oxygen atoms in total. The van der Waals surface area contributed by atoms with E-state index in [0.29, 0.717) is 16.5 Å². The van der Waals surface area contributed by atoms with Crippen molar-refractivity contribution in [1.29, 1.82) is 0 Å². The molecule has 2 aromatic carbocycles. The maximum atomic E-state index is 10.3. The van der Waals surface area contributed by atoms with Crippen LogP contribution in [0.3, 0.4) is 0 Å². The predicted octanol–water partition coefficient (Wildman–Crippen LogP) is 3.85. The van der Waals surface area contributed by atoms with Crippen LogP contribution in [0.4, 0.5) is 0 Å². The van der Waals surface area contributed by atoms with Crippen molar-refractivity contribution in [1.82, 2.24) is 0 Å². The molecule has 0 aliphatic heterocycles. The molecule has 20 heavy (non-hydrogen) atoms. The van der Waals surface area contributed by atoms with Crippen LogP contribution in [-0.4, -0.2) is 18.3 Å². The summed E-state index contributed by atoms with van der Waals surface area (Å²) in [5.74, 6) is 1.34. The zero-order valence-corrected chi connectivity index (χ0v) is 12.2. The van der Waals surface area contributed by atoms with E-state index >= 15 is 0 Å². The van der Waals surface area contributed by atoms with Crippen LogP contribution in [-0.2, 0) is 0 Å². The summed E-state index contributed by atoms with van der Waals surface area (Å²) in [6, 6.07) is 14.4. The number of aliphatic hydroxyl groups excluding tert-OH is 1. The van der Waals surface area contributed by atoms with Crippen LogP contribution in [0.15, 0.2) is 48.5 Å². The number of hydrogen-bond donors (Lipinski definition) is 1. The monoisotopic (exact) mass is 292 g/mol. The summed E-state index contributed by atoms with van der Waals surface area (Å²) in [5, 5.41) is 10.9. The Bertz CT molecular complexity index is 571. The lowest BCUT2D eigenvalue weighted by molar-refractivity contribution is 0.0466. The van der Waals surface area contributed by atoms with Crippen LogP contribution in [0.1, 0.15) is 18.6 Å². The van der Waals surface area contributed by atoms with Crippen molar-refractivity contribution in [3.05, 3.63) is 59.1 Å². The summed E-state index contributed by atoms with van der Waals surface area (Å²) in [4.78, 5) is 0. The van der Waals surface area contributed by atoms with E-state index in [4.69, 9.17) is 21.1 Å². The van der Waals surface area contributed by atoms with Crippen LogP contribution >= 0.6 is 11.6 Å². The average Bonchev–Trinajstić information content (AvgIpc) is 2.46. The van der Waals surface area contributed by atoms with Gasteiger partial charge in [0.05, 0.1) is 7.11 Å². The van der Waals surface area contributed by atoms with E-state index in [1.165, 1.54) is 0 Å². The molecule has 0 saturated heterocycles. The van der Waals surface area contributed by atoms with E-state index in [1.807, 2.05) is 31.2 Å². The van der Waals surface area contributed by atoms with Gasteiger partial charge in [0.1, 0.15) is 23.7 Å². The summed E-state index contributed by atoms with van der Waals surface area (Å²) in [5.41, 5.74) is 0.749. The van der Waals surface area contributed by atoms with Crippen molar-refractivity contribution >= 4 is 11.6 Å². The maximum absolute atomic E-state index is 10.3. The Morgan fingerprint density at radius 3 is 2.45 bits per heavy atom. The van der Waals surface area contributed by atoms with E-state index < -0.39 is 12.2 Å². The van der Waals surface area contributed by atoms with Gasteiger partial charge in [0.15, 0.2) is 0 Å². The third kappa shape index (κ3) is 3.65. The molecule has 0 saturated carbocycles. The van der Waals surface area contributed by atoms with E-state index in [9.17, 15) is 5.11 Å². The topological polar surface area (TPSA) is 38.7 Å². The number of halogens is 1. The smallest absolute Gasteiger partial charge is 0.126 e. The van der Waals surface area contributed by atoms with Crippen molar-refractivity contribution in [2.24, 2.45) is 0 Å². The molecule has 0 aliphatic rings. The number of methoxy groups -OCH3 is 1. The second-order valence-corrected chi connectivity index (χ2v) is 4.94. The molecule has 2 unspecified atom stereocenters. The minimum atomic E-state index is -0.746. The average molecular weight is 293 g/mol. The Kier molecular flexibility index (Phi) is 4.88. The lowest BCUT2D eigenvalue weighted by Crippen LogP contribution is -2.21. The van der Waals surface area contributed by atoms with Gasteiger partial charge in [-0.25, -0.2) is 0 Å². The van der Waals surface area contributed by atoms with Crippen LogP contribution in [0, 0.1) is 0 Å². The molecule has 0 fully saturated rings. The normalized spacial score (nSPS) is 13.6. The first kappa shape index (κ1) is 14.7. The lowest BCUT2D eigenvalue weighted by atomic mass is 10.1. The molecule has 4 heteroatoms. The molecule has 0 aromatic heterocycles. The minimum absolute atomic E-state index is 0.402. The largest absolute Gasteiger partial charge is 0.497 e. The molecule has 1 N–H and O–H groups in total. The molecule has 2 rings (SSSR count). The zero-order valence-electron chi connectivity index (χ0n) is 11.4. The molecule has 0 spiro atoms. The Balaban J connectivity index is 2.09. The number of rotatable bonds is 5. The second-order valence-electron chi connectivity index (χ2n) is 4.50. The number of benzene rings is 2. The summed E-state index contributed by atoms with van der Waals surface area (Å²) in [6.45, 7) is 1.81.